The van der Waals surface area contributed by atoms with Crippen LogP contribution in [0.15, 0.2) is 59.1 Å². The predicted molar refractivity (Wildman–Crippen MR) is 88.8 cm³/mol. The molecule has 3 rings (SSSR count). The molecule has 0 aromatic heterocycles. The molecule has 0 saturated carbocycles. The summed E-state index contributed by atoms with van der Waals surface area (Å²) < 4.78 is 14.3. The summed E-state index contributed by atoms with van der Waals surface area (Å²) in [4.78, 5) is 0. The van der Waals surface area contributed by atoms with Gasteiger partial charge in [-0.25, -0.2) is 4.39 Å². The van der Waals surface area contributed by atoms with Crippen LogP contribution in [0.25, 0.3) is 10.8 Å². The van der Waals surface area contributed by atoms with E-state index in [1.165, 1.54) is 23.1 Å². The van der Waals surface area contributed by atoms with Gasteiger partial charge < -0.3 is 5.73 Å². The lowest BCUT2D eigenvalue weighted by atomic mass is 9.92. The molecule has 2 N–H and O–H groups in total. The van der Waals surface area contributed by atoms with Crippen molar-refractivity contribution in [3.8, 4) is 0 Å². The molecule has 0 heterocycles. The Balaban J connectivity index is 2.20. The van der Waals surface area contributed by atoms with Crippen molar-refractivity contribution in [2.24, 2.45) is 5.73 Å². The van der Waals surface area contributed by atoms with E-state index in [4.69, 9.17) is 5.73 Å². The van der Waals surface area contributed by atoms with Crippen LogP contribution >= 0.6 is 15.9 Å². The van der Waals surface area contributed by atoms with Crippen molar-refractivity contribution in [3.63, 3.8) is 0 Å². The minimum Gasteiger partial charge on any atom is -0.320 e. The van der Waals surface area contributed by atoms with Crippen LogP contribution in [0.5, 0.6) is 0 Å². The second-order valence-electron chi connectivity index (χ2n) is 5.16. The van der Waals surface area contributed by atoms with E-state index in [1.54, 1.807) is 6.07 Å². The second-order valence-corrected chi connectivity index (χ2v) is 6.02. The van der Waals surface area contributed by atoms with Gasteiger partial charge >= 0.3 is 0 Å². The van der Waals surface area contributed by atoms with Crippen LogP contribution in [0.4, 0.5) is 4.39 Å². The molecule has 1 unspecified atom stereocenters. The zero-order valence-corrected chi connectivity index (χ0v) is 13.2. The minimum absolute atomic E-state index is 0.278. The van der Waals surface area contributed by atoms with E-state index in [0.717, 1.165) is 21.0 Å². The topological polar surface area (TPSA) is 26.0 Å². The van der Waals surface area contributed by atoms with Crippen molar-refractivity contribution in [3.05, 3.63) is 81.6 Å². The fraction of sp³-hybridized carbons (Fsp3) is 0.111. The Bertz CT molecular complexity index is 813. The maximum absolute atomic E-state index is 13.5. The van der Waals surface area contributed by atoms with Crippen molar-refractivity contribution in [1.82, 2.24) is 0 Å². The summed E-state index contributed by atoms with van der Waals surface area (Å²) in [6.07, 6.45) is 0. The fourth-order valence-corrected chi connectivity index (χ4v) is 3.16. The average Bonchev–Trinajstić information content (AvgIpc) is 2.50. The fourth-order valence-electron chi connectivity index (χ4n) is 2.66. The first-order valence-electron chi connectivity index (χ1n) is 6.76. The molecule has 3 aromatic carbocycles. The van der Waals surface area contributed by atoms with Crippen molar-refractivity contribution in [1.29, 1.82) is 0 Å². The molecule has 0 saturated heterocycles. The molecule has 0 radical (unpaired) electrons. The highest BCUT2D eigenvalue weighted by atomic mass is 79.9. The number of nitrogens with two attached hydrogens (primary N) is 1. The number of aryl methyl sites for hydroxylation is 1. The number of halogens is 2. The van der Waals surface area contributed by atoms with Crippen LogP contribution in [-0.2, 0) is 0 Å². The summed E-state index contributed by atoms with van der Waals surface area (Å²) in [5, 5.41) is 2.29. The van der Waals surface area contributed by atoms with Gasteiger partial charge in [0.15, 0.2) is 0 Å². The predicted octanol–water partition coefficient (Wildman–Crippen LogP) is 5.10. The van der Waals surface area contributed by atoms with Gasteiger partial charge in [0, 0.05) is 4.47 Å². The molecule has 1 atom stereocenters. The summed E-state index contributed by atoms with van der Waals surface area (Å²) in [6, 6.07) is 16.5. The number of hydrogen-bond acceptors (Lipinski definition) is 1. The quantitative estimate of drug-likeness (QED) is 0.688. The Morgan fingerprint density at radius 1 is 0.952 bits per heavy atom. The standard InChI is InChI=1S/C18H15BrFN/c1-11-6-8-15(14-5-3-2-4-13(11)14)18(21)16-10-12(20)7-9-17(16)19/h2-10,18H,21H2,1H3. The SMILES string of the molecule is Cc1ccc(C(N)c2cc(F)ccc2Br)c2ccccc12. The van der Waals surface area contributed by atoms with E-state index < -0.39 is 0 Å². The van der Waals surface area contributed by atoms with Crippen LogP contribution in [0, 0.1) is 12.7 Å². The first-order chi connectivity index (χ1) is 10.1. The summed E-state index contributed by atoms with van der Waals surface area (Å²) in [5.74, 6) is -0.278. The van der Waals surface area contributed by atoms with Gasteiger partial charge in [0.2, 0.25) is 0 Å². The highest BCUT2D eigenvalue weighted by molar-refractivity contribution is 9.10. The maximum Gasteiger partial charge on any atom is 0.123 e. The van der Waals surface area contributed by atoms with Crippen LogP contribution in [0.2, 0.25) is 0 Å². The van der Waals surface area contributed by atoms with E-state index in [-0.39, 0.29) is 11.9 Å². The lowest BCUT2D eigenvalue weighted by Gasteiger charge is -2.18. The minimum atomic E-state index is -0.374. The van der Waals surface area contributed by atoms with Gasteiger partial charge in [0.25, 0.3) is 0 Å². The third-order valence-electron chi connectivity index (χ3n) is 3.80. The normalized spacial score (nSPS) is 12.6. The molecule has 3 heteroatoms. The van der Waals surface area contributed by atoms with Crippen molar-refractivity contribution < 1.29 is 4.39 Å². The molecule has 0 bridgehead atoms. The number of fused-ring (bicyclic) bond motifs is 1. The Labute approximate surface area is 131 Å². The zero-order valence-electron chi connectivity index (χ0n) is 11.6. The smallest absolute Gasteiger partial charge is 0.123 e. The van der Waals surface area contributed by atoms with Gasteiger partial charge in [-0.3, -0.25) is 0 Å². The Morgan fingerprint density at radius 3 is 2.43 bits per heavy atom. The molecule has 0 fully saturated rings. The van der Waals surface area contributed by atoms with E-state index in [0.29, 0.717) is 0 Å². The zero-order chi connectivity index (χ0) is 15.0. The van der Waals surface area contributed by atoms with Crippen LogP contribution in [-0.4, -0.2) is 0 Å². The maximum atomic E-state index is 13.5. The first-order valence-corrected chi connectivity index (χ1v) is 7.56. The third kappa shape index (κ3) is 2.59. The van der Waals surface area contributed by atoms with E-state index in [9.17, 15) is 4.39 Å². The van der Waals surface area contributed by atoms with Gasteiger partial charge in [-0.1, -0.05) is 52.3 Å². The third-order valence-corrected chi connectivity index (χ3v) is 4.53. The lowest BCUT2D eigenvalue weighted by Crippen LogP contribution is -2.13. The summed E-state index contributed by atoms with van der Waals surface area (Å²) in [5.41, 5.74) is 9.37. The van der Waals surface area contributed by atoms with Crippen LogP contribution in [0.1, 0.15) is 22.7 Å². The highest BCUT2D eigenvalue weighted by Crippen LogP contribution is 2.32. The summed E-state index contributed by atoms with van der Waals surface area (Å²) in [6.45, 7) is 2.08. The van der Waals surface area contributed by atoms with Crippen molar-refractivity contribution >= 4 is 26.7 Å². The largest absolute Gasteiger partial charge is 0.320 e. The summed E-state index contributed by atoms with van der Waals surface area (Å²) in [7, 11) is 0. The molecule has 3 aromatic rings. The lowest BCUT2D eigenvalue weighted by molar-refractivity contribution is 0.623. The molecule has 0 aliphatic rings. The number of rotatable bonds is 2. The van der Waals surface area contributed by atoms with Gasteiger partial charge in [-0.05, 0) is 52.6 Å². The Hall–Kier alpha value is -1.71. The van der Waals surface area contributed by atoms with Gasteiger partial charge in [0.1, 0.15) is 5.82 Å². The van der Waals surface area contributed by atoms with Crippen molar-refractivity contribution in [2.75, 3.05) is 0 Å². The molecule has 1 nitrogen and oxygen atoms in total. The van der Waals surface area contributed by atoms with E-state index >= 15 is 0 Å². The summed E-state index contributed by atoms with van der Waals surface area (Å²) >= 11 is 3.46. The molecule has 106 valence electrons. The molecular weight excluding hydrogens is 329 g/mol. The molecular formula is C18H15BrFN. The molecule has 0 aliphatic carbocycles. The van der Waals surface area contributed by atoms with Gasteiger partial charge in [-0.15, -0.1) is 0 Å². The highest BCUT2D eigenvalue weighted by Gasteiger charge is 2.16. The average molecular weight is 344 g/mol. The van der Waals surface area contributed by atoms with E-state index in [2.05, 4.69) is 41.1 Å². The van der Waals surface area contributed by atoms with Crippen LogP contribution < -0.4 is 5.73 Å². The Morgan fingerprint density at radius 2 is 1.67 bits per heavy atom. The number of benzene rings is 3. The van der Waals surface area contributed by atoms with E-state index in [1.807, 2.05) is 18.2 Å². The van der Waals surface area contributed by atoms with Gasteiger partial charge in [0.05, 0.1) is 6.04 Å². The molecule has 0 aliphatic heterocycles. The van der Waals surface area contributed by atoms with Crippen LogP contribution in [0.3, 0.4) is 0 Å². The molecule has 21 heavy (non-hydrogen) atoms. The number of hydrogen-bond donors (Lipinski definition) is 1. The molecule has 0 spiro atoms. The Kier molecular flexibility index (Phi) is 3.79. The monoisotopic (exact) mass is 343 g/mol. The second kappa shape index (κ2) is 5.58. The van der Waals surface area contributed by atoms with Crippen molar-refractivity contribution in [2.45, 2.75) is 13.0 Å². The first kappa shape index (κ1) is 14.2. The van der Waals surface area contributed by atoms with Gasteiger partial charge in [-0.2, -0.15) is 0 Å². The molecule has 0 amide bonds.